The van der Waals surface area contributed by atoms with Gasteiger partial charge in [-0.3, -0.25) is 4.99 Å². The van der Waals surface area contributed by atoms with E-state index in [9.17, 15) is 0 Å². The minimum absolute atomic E-state index is 0. The van der Waals surface area contributed by atoms with Gasteiger partial charge in [0.2, 0.25) is 6.79 Å². The van der Waals surface area contributed by atoms with Crippen molar-refractivity contribution in [1.82, 2.24) is 10.6 Å². The second kappa shape index (κ2) is 12.2. The number of fused-ring (bicyclic) bond motifs is 1. The number of para-hydroxylation sites is 2. The van der Waals surface area contributed by atoms with Crippen molar-refractivity contribution in [3.05, 3.63) is 42.5 Å². The van der Waals surface area contributed by atoms with E-state index in [4.69, 9.17) is 23.7 Å². The molecule has 8 nitrogen and oxygen atoms in total. The number of rotatable bonds is 9. The van der Waals surface area contributed by atoms with Gasteiger partial charge in [0.15, 0.2) is 29.0 Å². The Morgan fingerprint density at radius 1 is 1.10 bits per heavy atom. The van der Waals surface area contributed by atoms with Crippen LogP contribution in [0, 0.1) is 0 Å². The molecule has 2 N–H and O–H groups in total. The van der Waals surface area contributed by atoms with Gasteiger partial charge in [0.05, 0.1) is 20.2 Å². The van der Waals surface area contributed by atoms with Gasteiger partial charge in [-0.05, 0) is 31.2 Å². The standard InChI is InChI=1S/C21H27N3O5.HI/c1-15(29-19-7-5-4-6-17(19)25-3)13-24-21(22-2)23-10-11-26-16-8-9-18-20(12-16)28-14-27-18;/h4-9,12,15H,10-11,13-14H2,1-3H3,(H2,22,23,24);1H. The molecule has 1 aliphatic heterocycles. The fraction of sp³-hybridized carbons (Fsp3) is 0.381. The minimum atomic E-state index is -0.0743. The highest BCUT2D eigenvalue weighted by Gasteiger charge is 2.13. The summed E-state index contributed by atoms with van der Waals surface area (Å²) in [6, 6.07) is 13.1. The van der Waals surface area contributed by atoms with Crippen LogP contribution in [-0.4, -0.2) is 52.7 Å². The van der Waals surface area contributed by atoms with E-state index >= 15 is 0 Å². The molecule has 164 valence electrons. The molecule has 0 radical (unpaired) electrons. The fourth-order valence-corrected chi connectivity index (χ4v) is 2.74. The number of guanidine groups is 1. The zero-order valence-corrected chi connectivity index (χ0v) is 19.7. The lowest BCUT2D eigenvalue weighted by Gasteiger charge is -2.19. The van der Waals surface area contributed by atoms with Gasteiger partial charge in [-0.25, -0.2) is 0 Å². The first kappa shape index (κ1) is 23.7. The van der Waals surface area contributed by atoms with Crippen LogP contribution in [0.15, 0.2) is 47.5 Å². The molecular formula is C21H28IN3O5. The maximum absolute atomic E-state index is 5.93. The van der Waals surface area contributed by atoms with Gasteiger partial charge in [0, 0.05) is 13.1 Å². The van der Waals surface area contributed by atoms with Crippen molar-refractivity contribution in [2.45, 2.75) is 13.0 Å². The molecular weight excluding hydrogens is 501 g/mol. The Morgan fingerprint density at radius 2 is 1.87 bits per heavy atom. The fourth-order valence-electron chi connectivity index (χ4n) is 2.74. The third-order valence-corrected chi connectivity index (χ3v) is 4.19. The molecule has 9 heteroatoms. The summed E-state index contributed by atoms with van der Waals surface area (Å²) in [4.78, 5) is 4.21. The van der Waals surface area contributed by atoms with Gasteiger partial charge in [0.1, 0.15) is 18.5 Å². The monoisotopic (exact) mass is 529 g/mol. The Morgan fingerprint density at radius 3 is 2.63 bits per heavy atom. The van der Waals surface area contributed by atoms with Crippen molar-refractivity contribution < 1.29 is 23.7 Å². The summed E-state index contributed by atoms with van der Waals surface area (Å²) in [6.45, 7) is 3.89. The topological polar surface area (TPSA) is 82.6 Å². The SMILES string of the molecule is CN=C(NCCOc1ccc2c(c1)OCO2)NCC(C)Oc1ccccc1OC.I. The lowest BCUT2D eigenvalue weighted by atomic mass is 10.3. The Balaban J connectivity index is 0.00000320. The van der Waals surface area contributed by atoms with Crippen molar-refractivity contribution in [3.8, 4) is 28.7 Å². The van der Waals surface area contributed by atoms with Crippen LogP contribution in [0.25, 0.3) is 0 Å². The third kappa shape index (κ3) is 6.75. The first-order chi connectivity index (χ1) is 14.2. The van der Waals surface area contributed by atoms with E-state index in [0.717, 1.165) is 11.5 Å². The Hall–Kier alpha value is -2.56. The number of aliphatic imine (C=N–C) groups is 1. The number of hydrogen-bond acceptors (Lipinski definition) is 6. The summed E-state index contributed by atoms with van der Waals surface area (Å²) >= 11 is 0. The predicted molar refractivity (Wildman–Crippen MR) is 126 cm³/mol. The average Bonchev–Trinajstić information content (AvgIpc) is 3.21. The third-order valence-electron chi connectivity index (χ3n) is 4.19. The van der Waals surface area contributed by atoms with E-state index in [2.05, 4.69) is 15.6 Å². The molecule has 0 aromatic heterocycles. The van der Waals surface area contributed by atoms with E-state index in [0.29, 0.717) is 42.9 Å². The first-order valence-electron chi connectivity index (χ1n) is 9.46. The van der Waals surface area contributed by atoms with Crippen LogP contribution in [0.1, 0.15) is 6.92 Å². The molecule has 0 bridgehead atoms. The number of halogens is 1. The molecule has 0 amide bonds. The van der Waals surface area contributed by atoms with Crippen LogP contribution in [0.2, 0.25) is 0 Å². The second-order valence-electron chi connectivity index (χ2n) is 6.32. The normalized spacial score (nSPS) is 13.1. The van der Waals surface area contributed by atoms with Gasteiger partial charge < -0.3 is 34.3 Å². The minimum Gasteiger partial charge on any atom is -0.493 e. The van der Waals surface area contributed by atoms with Crippen LogP contribution in [0.4, 0.5) is 0 Å². The largest absolute Gasteiger partial charge is 0.493 e. The molecule has 1 unspecified atom stereocenters. The van der Waals surface area contributed by atoms with Crippen LogP contribution >= 0.6 is 24.0 Å². The highest BCUT2D eigenvalue weighted by molar-refractivity contribution is 14.0. The highest BCUT2D eigenvalue weighted by atomic mass is 127. The van der Waals surface area contributed by atoms with Gasteiger partial charge in [-0.2, -0.15) is 0 Å². The Kier molecular flexibility index (Phi) is 9.65. The summed E-state index contributed by atoms with van der Waals surface area (Å²) < 4.78 is 27.6. The van der Waals surface area contributed by atoms with Crippen LogP contribution < -0.4 is 34.3 Å². The molecule has 1 aliphatic rings. The lowest BCUT2D eigenvalue weighted by Crippen LogP contribution is -2.43. The summed E-state index contributed by atoms with van der Waals surface area (Å²) in [7, 11) is 3.35. The summed E-state index contributed by atoms with van der Waals surface area (Å²) in [5.74, 6) is 4.28. The number of hydrogen-bond donors (Lipinski definition) is 2. The smallest absolute Gasteiger partial charge is 0.231 e. The van der Waals surface area contributed by atoms with E-state index < -0.39 is 0 Å². The van der Waals surface area contributed by atoms with Crippen molar-refractivity contribution in [2.24, 2.45) is 4.99 Å². The molecule has 2 aromatic rings. The van der Waals surface area contributed by atoms with E-state index in [1.165, 1.54) is 0 Å². The Bertz CT molecular complexity index is 834. The Labute approximate surface area is 193 Å². The van der Waals surface area contributed by atoms with Gasteiger partial charge in [-0.15, -0.1) is 24.0 Å². The number of methoxy groups -OCH3 is 1. The van der Waals surface area contributed by atoms with Crippen LogP contribution in [-0.2, 0) is 0 Å². The molecule has 0 spiro atoms. The van der Waals surface area contributed by atoms with Gasteiger partial charge >= 0.3 is 0 Å². The zero-order valence-electron chi connectivity index (χ0n) is 17.3. The van der Waals surface area contributed by atoms with E-state index in [-0.39, 0.29) is 36.9 Å². The van der Waals surface area contributed by atoms with Gasteiger partial charge in [0.25, 0.3) is 0 Å². The van der Waals surface area contributed by atoms with Crippen LogP contribution in [0.3, 0.4) is 0 Å². The summed E-state index contributed by atoms with van der Waals surface area (Å²) in [5.41, 5.74) is 0. The molecule has 0 fully saturated rings. The quantitative estimate of drug-likeness (QED) is 0.224. The molecule has 30 heavy (non-hydrogen) atoms. The zero-order chi connectivity index (χ0) is 20.5. The predicted octanol–water partition coefficient (Wildman–Crippen LogP) is 3.05. The number of ether oxygens (including phenoxy) is 5. The van der Waals surface area contributed by atoms with Crippen molar-refractivity contribution in [3.63, 3.8) is 0 Å². The van der Waals surface area contributed by atoms with Crippen molar-refractivity contribution in [2.75, 3.05) is 40.6 Å². The molecule has 2 aromatic carbocycles. The molecule has 0 saturated heterocycles. The molecule has 0 aliphatic carbocycles. The van der Waals surface area contributed by atoms with Crippen molar-refractivity contribution >= 4 is 29.9 Å². The second-order valence-corrected chi connectivity index (χ2v) is 6.32. The first-order valence-corrected chi connectivity index (χ1v) is 9.46. The molecule has 1 heterocycles. The van der Waals surface area contributed by atoms with E-state index in [1.807, 2.05) is 49.4 Å². The maximum Gasteiger partial charge on any atom is 0.231 e. The molecule has 1 atom stereocenters. The van der Waals surface area contributed by atoms with Gasteiger partial charge in [-0.1, -0.05) is 12.1 Å². The molecule has 3 rings (SSSR count). The number of benzene rings is 2. The lowest BCUT2D eigenvalue weighted by molar-refractivity contribution is 0.173. The maximum atomic E-state index is 5.93. The van der Waals surface area contributed by atoms with Crippen LogP contribution in [0.5, 0.6) is 28.7 Å². The number of nitrogens with one attached hydrogen (secondary N) is 2. The summed E-state index contributed by atoms with van der Waals surface area (Å²) in [6.07, 6.45) is -0.0743. The molecule has 0 saturated carbocycles. The van der Waals surface area contributed by atoms with E-state index in [1.54, 1.807) is 14.2 Å². The highest BCUT2D eigenvalue weighted by Crippen LogP contribution is 2.35. The number of nitrogens with zero attached hydrogens (tertiary/aromatic N) is 1. The van der Waals surface area contributed by atoms with Crippen molar-refractivity contribution in [1.29, 1.82) is 0 Å². The average molecular weight is 529 g/mol. The summed E-state index contributed by atoms with van der Waals surface area (Å²) in [5, 5.41) is 6.45.